The number of aromatic nitrogens is 2. The molecule has 2 atom stereocenters. The predicted molar refractivity (Wildman–Crippen MR) is 79.5 cm³/mol. The van der Waals surface area contributed by atoms with E-state index in [2.05, 4.69) is 9.97 Å². The molecule has 2 heterocycles. The molecule has 1 saturated heterocycles. The molecule has 1 aromatic carbocycles. The van der Waals surface area contributed by atoms with Crippen molar-refractivity contribution in [3.8, 4) is 0 Å². The van der Waals surface area contributed by atoms with Crippen LogP contribution in [0.4, 0.5) is 5.82 Å². The van der Waals surface area contributed by atoms with Crippen molar-refractivity contribution in [3.63, 3.8) is 0 Å². The van der Waals surface area contributed by atoms with Gasteiger partial charge in [-0.3, -0.25) is 4.79 Å². The van der Waals surface area contributed by atoms with Crippen LogP contribution in [-0.4, -0.2) is 39.9 Å². The molecule has 0 saturated carbocycles. The van der Waals surface area contributed by atoms with Crippen molar-refractivity contribution in [1.82, 2.24) is 14.9 Å². The van der Waals surface area contributed by atoms with Gasteiger partial charge in [0, 0.05) is 37.4 Å². The molecule has 1 fully saturated rings. The number of benzene rings is 1. The zero-order valence-electron chi connectivity index (χ0n) is 11.5. The number of rotatable bonds is 2. The van der Waals surface area contributed by atoms with Crippen LogP contribution >= 0.6 is 0 Å². The fourth-order valence-corrected chi connectivity index (χ4v) is 2.71. The third-order valence-electron chi connectivity index (χ3n) is 3.81. The summed E-state index contributed by atoms with van der Waals surface area (Å²) in [6.45, 7) is 1.06. The van der Waals surface area contributed by atoms with Crippen LogP contribution in [0.15, 0.2) is 42.7 Å². The van der Waals surface area contributed by atoms with Crippen LogP contribution in [0.3, 0.4) is 0 Å². The van der Waals surface area contributed by atoms with E-state index in [0.29, 0.717) is 13.1 Å². The number of carbonyl (C=O) groups is 1. The summed E-state index contributed by atoms with van der Waals surface area (Å²) in [5.41, 5.74) is 13.3. The first-order valence-corrected chi connectivity index (χ1v) is 6.83. The summed E-state index contributed by atoms with van der Waals surface area (Å²) in [4.78, 5) is 22.1. The highest BCUT2D eigenvalue weighted by molar-refractivity contribution is 5.96. The Balaban J connectivity index is 1.80. The van der Waals surface area contributed by atoms with Crippen LogP contribution in [0.25, 0.3) is 0 Å². The number of hydrogen-bond acceptors (Lipinski definition) is 5. The molecule has 0 spiro atoms. The van der Waals surface area contributed by atoms with Crippen molar-refractivity contribution in [3.05, 3.63) is 54.0 Å². The Morgan fingerprint density at radius 1 is 1.14 bits per heavy atom. The van der Waals surface area contributed by atoms with E-state index in [1.165, 1.54) is 12.4 Å². The Labute approximate surface area is 122 Å². The lowest BCUT2D eigenvalue weighted by Gasteiger charge is -2.16. The Bertz CT molecular complexity index is 646. The molecule has 0 bridgehead atoms. The Morgan fingerprint density at radius 3 is 2.57 bits per heavy atom. The summed E-state index contributed by atoms with van der Waals surface area (Å²) in [6, 6.07) is 9.91. The van der Waals surface area contributed by atoms with Crippen LogP contribution in [0.2, 0.25) is 0 Å². The third kappa shape index (κ3) is 2.57. The van der Waals surface area contributed by atoms with Crippen molar-refractivity contribution in [2.45, 2.75) is 12.0 Å². The van der Waals surface area contributed by atoms with Gasteiger partial charge in [0.1, 0.15) is 0 Å². The molecule has 6 heteroatoms. The fraction of sp³-hybridized carbons (Fsp3) is 0.267. The highest BCUT2D eigenvalue weighted by Crippen LogP contribution is 2.27. The van der Waals surface area contributed by atoms with E-state index in [0.717, 1.165) is 5.56 Å². The van der Waals surface area contributed by atoms with E-state index in [1.807, 2.05) is 30.3 Å². The average Bonchev–Trinajstić information content (AvgIpc) is 2.90. The van der Waals surface area contributed by atoms with Gasteiger partial charge in [-0.2, -0.15) is 0 Å². The third-order valence-corrected chi connectivity index (χ3v) is 3.81. The summed E-state index contributed by atoms with van der Waals surface area (Å²) in [6.07, 6.45) is 2.93. The second-order valence-corrected chi connectivity index (χ2v) is 5.18. The predicted octanol–water partition coefficient (Wildman–Crippen LogP) is 0.626. The number of hydrogen-bond donors (Lipinski definition) is 2. The molecule has 0 aliphatic carbocycles. The molecule has 21 heavy (non-hydrogen) atoms. The van der Waals surface area contributed by atoms with Crippen LogP contribution in [-0.2, 0) is 0 Å². The number of likely N-dealkylation sites (tertiary alicyclic amines) is 1. The fourth-order valence-electron chi connectivity index (χ4n) is 2.71. The van der Waals surface area contributed by atoms with E-state index >= 15 is 0 Å². The highest BCUT2D eigenvalue weighted by Gasteiger charge is 2.35. The molecule has 1 aromatic heterocycles. The minimum Gasteiger partial charge on any atom is -0.382 e. The van der Waals surface area contributed by atoms with Crippen LogP contribution in [0, 0.1) is 0 Å². The second kappa shape index (κ2) is 5.49. The van der Waals surface area contributed by atoms with E-state index in [4.69, 9.17) is 11.5 Å². The number of nitrogen functional groups attached to an aromatic ring is 1. The Kier molecular flexibility index (Phi) is 3.53. The second-order valence-electron chi connectivity index (χ2n) is 5.18. The number of amides is 1. The van der Waals surface area contributed by atoms with Crippen molar-refractivity contribution < 1.29 is 4.79 Å². The first-order valence-electron chi connectivity index (χ1n) is 6.83. The summed E-state index contributed by atoms with van der Waals surface area (Å²) in [5.74, 6) is 0.0711. The molecular weight excluding hydrogens is 266 g/mol. The summed E-state index contributed by atoms with van der Waals surface area (Å²) < 4.78 is 0. The molecule has 108 valence electrons. The smallest absolute Gasteiger partial charge is 0.276 e. The zero-order valence-corrected chi connectivity index (χ0v) is 11.5. The SMILES string of the molecule is Nc1nccnc1C(=O)N1C[C@@H](N)[C@H](c2ccccc2)C1. The van der Waals surface area contributed by atoms with Gasteiger partial charge in [0.15, 0.2) is 11.5 Å². The normalized spacial score (nSPS) is 21.5. The topological polar surface area (TPSA) is 98.1 Å². The van der Waals surface area contributed by atoms with Crippen LogP contribution < -0.4 is 11.5 Å². The largest absolute Gasteiger partial charge is 0.382 e. The van der Waals surface area contributed by atoms with Gasteiger partial charge in [0.05, 0.1) is 0 Å². The monoisotopic (exact) mass is 283 g/mol. The quantitative estimate of drug-likeness (QED) is 0.842. The zero-order chi connectivity index (χ0) is 14.8. The molecule has 4 N–H and O–H groups in total. The van der Waals surface area contributed by atoms with Gasteiger partial charge >= 0.3 is 0 Å². The highest BCUT2D eigenvalue weighted by atomic mass is 16.2. The summed E-state index contributed by atoms with van der Waals surface area (Å²) in [7, 11) is 0. The lowest BCUT2D eigenvalue weighted by atomic mass is 9.95. The first-order chi connectivity index (χ1) is 10.2. The summed E-state index contributed by atoms with van der Waals surface area (Å²) in [5, 5.41) is 0. The lowest BCUT2D eigenvalue weighted by Crippen LogP contribution is -2.33. The molecule has 3 rings (SSSR count). The summed E-state index contributed by atoms with van der Waals surface area (Å²) >= 11 is 0. The molecular formula is C15H17N5O. The van der Waals surface area contributed by atoms with Crippen LogP contribution in [0.5, 0.6) is 0 Å². The molecule has 1 aliphatic rings. The molecule has 1 amide bonds. The molecule has 0 unspecified atom stereocenters. The Hall–Kier alpha value is -2.47. The van der Waals surface area contributed by atoms with Crippen molar-refractivity contribution >= 4 is 11.7 Å². The van der Waals surface area contributed by atoms with E-state index in [9.17, 15) is 4.79 Å². The average molecular weight is 283 g/mol. The maximum absolute atomic E-state index is 12.5. The van der Waals surface area contributed by atoms with E-state index in [-0.39, 0.29) is 29.4 Å². The number of carbonyl (C=O) groups excluding carboxylic acids is 1. The number of nitrogens with two attached hydrogens (primary N) is 2. The minimum atomic E-state index is -0.213. The Morgan fingerprint density at radius 2 is 1.86 bits per heavy atom. The number of anilines is 1. The maximum Gasteiger partial charge on any atom is 0.276 e. The van der Waals surface area contributed by atoms with Crippen LogP contribution in [0.1, 0.15) is 22.0 Å². The van der Waals surface area contributed by atoms with Gasteiger partial charge in [-0.1, -0.05) is 30.3 Å². The van der Waals surface area contributed by atoms with Gasteiger partial charge < -0.3 is 16.4 Å². The van der Waals surface area contributed by atoms with E-state index < -0.39 is 0 Å². The van der Waals surface area contributed by atoms with Gasteiger partial charge in [-0.05, 0) is 5.56 Å². The van der Waals surface area contributed by atoms with E-state index in [1.54, 1.807) is 4.90 Å². The maximum atomic E-state index is 12.5. The molecule has 2 aromatic rings. The van der Waals surface area contributed by atoms with Crippen molar-refractivity contribution in [2.24, 2.45) is 5.73 Å². The van der Waals surface area contributed by atoms with Gasteiger partial charge in [0.25, 0.3) is 5.91 Å². The van der Waals surface area contributed by atoms with Gasteiger partial charge in [-0.25, -0.2) is 9.97 Å². The standard InChI is InChI=1S/C15H17N5O/c16-12-9-20(8-11(12)10-4-2-1-3-5-10)15(21)13-14(17)19-7-6-18-13/h1-7,11-12H,8-9,16H2,(H2,17,19)/t11-,12+/m0/s1. The number of nitrogens with zero attached hydrogens (tertiary/aromatic N) is 3. The van der Waals surface area contributed by atoms with Gasteiger partial charge in [0.2, 0.25) is 0 Å². The van der Waals surface area contributed by atoms with Crippen molar-refractivity contribution in [1.29, 1.82) is 0 Å². The molecule has 1 aliphatic heterocycles. The first kappa shape index (κ1) is 13.5. The van der Waals surface area contributed by atoms with Crippen molar-refractivity contribution in [2.75, 3.05) is 18.8 Å². The molecule has 6 nitrogen and oxygen atoms in total. The lowest BCUT2D eigenvalue weighted by molar-refractivity contribution is 0.0784. The molecule has 0 radical (unpaired) electrons. The van der Waals surface area contributed by atoms with Gasteiger partial charge in [-0.15, -0.1) is 0 Å². The minimum absolute atomic E-state index is 0.0887.